The predicted molar refractivity (Wildman–Crippen MR) is 129 cm³/mol. The minimum atomic E-state index is -0.389. The van der Waals surface area contributed by atoms with Gasteiger partial charge < -0.3 is 34.1 Å². The van der Waals surface area contributed by atoms with Crippen molar-refractivity contribution in [2.24, 2.45) is 0 Å². The van der Waals surface area contributed by atoms with Gasteiger partial charge in [-0.2, -0.15) is 0 Å². The fourth-order valence-electron chi connectivity index (χ4n) is 4.77. The lowest BCUT2D eigenvalue weighted by Gasteiger charge is -2.39. The summed E-state index contributed by atoms with van der Waals surface area (Å²) in [5.74, 6) is 0.863. The molecule has 186 valence electrons. The zero-order valence-corrected chi connectivity index (χ0v) is 19.9. The molecule has 0 saturated carbocycles. The summed E-state index contributed by atoms with van der Waals surface area (Å²) in [4.78, 5) is 29.5. The molecule has 2 aromatic carbocycles. The average Bonchev–Trinajstić information content (AvgIpc) is 3.42. The first-order chi connectivity index (χ1) is 17.1. The number of hydrogen-bond acceptors (Lipinski definition) is 7. The number of ether oxygens (including phenoxy) is 4. The number of fused-ring (bicyclic) bond motifs is 1. The minimum absolute atomic E-state index is 0.0178. The Morgan fingerprint density at radius 2 is 1.94 bits per heavy atom. The van der Waals surface area contributed by atoms with E-state index in [1.807, 2.05) is 41.3 Å². The molecule has 2 aromatic rings. The fraction of sp³-hybridized carbons (Fsp3) is 0.462. The molecule has 5 rings (SSSR count). The summed E-state index contributed by atoms with van der Waals surface area (Å²) in [6.07, 6.45) is 1.57. The van der Waals surface area contributed by atoms with Crippen LogP contribution in [0.25, 0.3) is 0 Å². The summed E-state index contributed by atoms with van der Waals surface area (Å²) < 4.78 is 22.6. The standard InChI is InChI=1S/C26H31N3O6/c1-32-23-15-18(8-9-22(23)35-17-24(30)28-10-13-33-14-11-28)25-27-21-7-3-2-6-20(21)26(31)29(25)16-19-5-4-12-34-19/h2-3,6-9,15,19,25,27H,4-5,10-14,16-17H2,1H3/t19-,25-/m0/s1. The lowest BCUT2D eigenvalue weighted by Crippen LogP contribution is -2.46. The van der Waals surface area contributed by atoms with Crippen LogP contribution in [0.1, 0.15) is 34.9 Å². The van der Waals surface area contributed by atoms with Gasteiger partial charge in [-0.25, -0.2) is 0 Å². The van der Waals surface area contributed by atoms with Crippen molar-refractivity contribution in [2.45, 2.75) is 25.1 Å². The number of para-hydroxylation sites is 1. The summed E-state index contributed by atoms with van der Waals surface area (Å²) >= 11 is 0. The summed E-state index contributed by atoms with van der Waals surface area (Å²) in [6, 6.07) is 13.1. The molecule has 0 aliphatic carbocycles. The number of rotatable bonds is 7. The second-order valence-electron chi connectivity index (χ2n) is 8.88. The third-order valence-corrected chi connectivity index (χ3v) is 6.66. The summed E-state index contributed by atoms with van der Waals surface area (Å²) in [5, 5.41) is 3.51. The molecule has 2 amide bonds. The smallest absolute Gasteiger partial charge is 0.260 e. The molecule has 2 fully saturated rings. The van der Waals surface area contributed by atoms with Gasteiger partial charge in [0.05, 0.1) is 32.0 Å². The molecule has 2 atom stereocenters. The predicted octanol–water partition coefficient (Wildman–Crippen LogP) is 2.68. The lowest BCUT2D eigenvalue weighted by atomic mass is 10.0. The van der Waals surface area contributed by atoms with Crippen molar-refractivity contribution in [3.63, 3.8) is 0 Å². The molecule has 3 heterocycles. The molecule has 9 heteroatoms. The molecular formula is C26H31N3O6. The topological polar surface area (TPSA) is 89.6 Å². The fourth-order valence-corrected chi connectivity index (χ4v) is 4.77. The highest BCUT2D eigenvalue weighted by atomic mass is 16.5. The van der Waals surface area contributed by atoms with Crippen molar-refractivity contribution in [3.8, 4) is 11.5 Å². The number of anilines is 1. The normalized spacial score (nSPS) is 21.9. The highest BCUT2D eigenvalue weighted by molar-refractivity contribution is 6.01. The molecule has 2 saturated heterocycles. The third-order valence-electron chi connectivity index (χ3n) is 6.66. The van der Waals surface area contributed by atoms with Crippen molar-refractivity contribution in [2.75, 3.05) is 58.5 Å². The third kappa shape index (κ3) is 5.06. The van der Waals surface area contributed by atoms with Gasteiger partial charge in [0.1, 0.15) is 6.17 Å². The molecule has 1 N–H and O–H groups in total. The van der Waals surface area contributed by atoms with Crippen LogP contribution in [0, 0.1) is 0 Å². The second kappa shape index (κ2) is 10.5. The molecule has 3 aliphatic heterocycles. The molecular weight excluding hydrogens is 450 g/mol. The SMILES string of the molecule is COc1cc([C@H]2Nc3ccccc3C(=O)N2C[C@@H]2CCCO2)ccc1OCC(=O)N1CCOCC1. The number of carbonyl (C=O) groups excluding carboxylic acids is 2. The number of methoxy groups -OCH3 is 1. The van der Waals surface area contributed by atoms with Gasteiger partial charge in [-0.05, 0) is 42.7 Å². The number of nitrogens with zero attached hydrogens (tertiary/aromatic N) is 2. The van der Waals surface area contributed by atoms with Crippen LogP contribution in [0.15, 0.2) is 42.5 Å². The van der Waals surface area contributed by atoms with Crippen LogP contribution >= 0.6 is 0 Å². The van der Waals surface area contributed by atoms with E-state index in [0.717, 1.165) is 30.7 Å². The van der Waals surface area contributed by atoms with Crippen molar-refractivity contribution < 1.29 is 28.5 Å². The molecule has 35 heavy (non-hydrogen) atoms. The van der Waals surface area contributed by atoms with Crippen molar-refractivity contribution in [3.05, 3.63) is 53.6 Å². The number of nitrogens with one attached hydrogen (secondary N) is 1. The van der Waals surface area contributed by atoms with Gasteiger partial charge in [0.25, 0.3) is 11.8 Å². The van der Waals surface area contributed by atoms with E-state index in [-0.39, 0.29) is 30.7 Å². The Morgan fingerprint density at radius 1 is 1.11 bits per heavy atom. The van der Waals surface area contributed by atoms with E-state index in [1.54, 1.807) is 18.1 Å². The molecule has 0 spiro atoms. The number of hydrogen-bond donors (Lipinski definition) is 1. The lowest BCUT2D eigenvalue weighted by molar-refractivity contribution is -0.137. The minimum Gasteiger partial charge on any atom is -0.493 e. The zero-order chi connectivity index (χ0) is 24.2. The number of morpholine rings is 1. The summed E-state index contributed by atoms with van der Waals surface area (Å²) in [5.41, 5.74) is 2.30. The van der Waals surface area contributed by atoms with E-state index in [1.165, 1.54) is 0 Å². The van der Waals surface area contributed by atoms with Gasteiger partial charge in [-0.1, -0.05) is 18.2 Å². The summed E-state index contributed by atoms with van der Waals surface area (Å²) in [6.45, 7) is 3.38. The van der Waals surface area contributed by atoms with Gasteiger partial charge in [0, 0.05) is 31.9 Å². The van der Waals surface area contributed by atoms with E-state index in [9.17, 15) is 9.59 Å². The van der Waals surface area contributed by atoms with Crippen molar-refractivity contribution in [1.29, 1.82) is 0 Å². The van der Waals surface area contributed by atoms with Crippen LogP contribution in [0.5, 0.6) is 11.5 Å². The highest BCUT2D eigenvalue weighted by Crippen LogP contribution is 2.37. The number of amides is 2. The van der Waals surface area contributed by atoms with E-state index in [4.69, 9.17) is 18.9 Å². The molecule has 3 aliphatic rings. The van der Waals surface area contributed by atoms with Crippen LogP contribution in [0.3, 0.4) is 0 Å². The molecule has 0 unspecified atom stereocenters. The Balaban J connectivity index is 1.36. The van der Waals surface area contributed by atoms with Crippen LogP contribution in [0.2, 0.25) is 0 Å². The van der Waals surface area contributed by atoms with Gasteiger partial charge in [-0.15, -0.1) is 0 Å². The quantitative estimate of drug-likeness (QED) is 0.650. The van der Waals surface area contributed by atoms with Crippen LogP contribution in [0.4, 0.5) is 5.69 Å². The largest absolute Gasteiger partial charge is 0.493 e. The van der Waals surface area contributed by atoms with Crippen LogP contribution in [-0.4, -0.2) is 80.9 Å². The Hall–Kier alpha value is -3.30. The first-order valence-electron chi connectivity index (χ1n) is 12.1. The van der Waals surface area contributed by atoms with E-state index in [0.29, 0.717) is 49.9 Å². The van der Waals surface area contributed by atoms with E-state index in [2.05, 4.69) is 5.32 Å². The maximum absolute atomic E-state index is 13.5. The monoisotopic (exact) mass is 481 g/mol. The first kappa shape index (κ1) is 23.4. The molecule has 0 bridgehead atoms. The maximum atomic E-state index is 13.5. The Bertz CT molecular complexity index is 1060. The van der Waals surface area contributed by atoms with Gasteiger partial charge in [0.2, 0.25) is 0 Å². The Labute approximate surface area is 204 Å². The van der Waals surface area contributed by atoms with Gasteiger partial charge >= 0.3 is 0 Å². The van der Waals surface area contributed by atoms with Gasteiger partial charge in [0.15, 0.2) is 18.1 Å². The first-order valence-corrected chi connectivity index (χ1v) is 12.1. The van der Waals surface area contributed by atoms with Crippen molar-refractivity contribution in [1.82, 2.24) is 9.80 Å². The number of carbonyl (C=O) groups is 2. The molecule has 9 nitrogen and oxygen atoms in total. The van der Waals surface area contributed by atoms with E-state index < -0.39 is 0 Å². The molecule has 0 radical (unpaired) electrons. The number of benzene rings is 2. The van der Waals surface area contributed by atoms with E-state index >= 15 is 0 Å². The van der Waals surface area contributed by atoms with Crippen LogP contribution < -0.4 is 14.8 Å². The molecule has 0 aromatic heterocycles. The van der Waals surface area contributed by atoms with Crippen molar-refractivity contribution >= 4 is 17.5 Å². The Kier molecular flexibility index (Phi) is 7.06. The van der Waals surface area contributed by atoms with Crippen LogP contribution in [-0.2, 0) is 14.3 Å². The van der Waals surface area contributed by atoms with Gasteiger partial charge in [-0.3, -0.25) is 9.59 Å². The second-order valence-corrected chi connectivity index (χ2v) is 8.88. The highest BCUT2D eigenvalue weighted by Gasteiger charge is 2.35. The zero-order valence-electron chi connectivity index (χ0n) is 19.9. The maximum Gasteiger partial charge on any atom is 0.260 e. The summed E-state index contributed by atoms with van der Waals surface area (Å²) in [7, 11) is 1.56. The average molecular weight is 482 g/mol. The Morgan fingerprint density at radius 3 is 2.71 bits per heavy atom.